The number of hydrogen-bond donors (Lipinski definition) is 0. The van der Waals surface area contributed by atoms with Gasteiger partial charge in [-0.1, -0.05) is 30.3 Å². The summed E-state index contributed by atoms with van der Waals surface area (Å²) in [4.78, 5) is 14.4. The largest absolute Gasteiger partial charge is 0.480 e. The van der Waals surface area contributed by atoms with Crippen LogP contribution in [0.15, 0.2) is 42.5 Å². The number of methoxy groups -OCH3 is 1. The Labute approximate surface area is 157 Å². The molecule has 1 aromatic carbocycles. The molecule has 1 fully saturated rings. The van der Waals surface area contributed by atoms with E-state index in [1.54, 1.807) is 31.0 Å². The van der Waals surface area contributed by atoms with Crippen molar-refractivity contribution in [2.45, 2.75) is 24.7 Å². The summed E-state index contributed by atoms with van der Waals surface area (Å²) < 4.78 is 10.9. The van der Waals surface area contributed by atoms with Gasteiger partial charge in [0.25, 0.3) is 0 Å². The number of ether oxygens (including phenoxy) is 2. The van der Waals surface area contributed by atoms with Crippen LogP contribution in [0.4, 0.5) is 0 Å². The van der Waals surface area contributed by atoms with E-state index in [1.165, 1.54) is 5.56 Å². The van der Waals surface area contributed by atoms with Crippen LogP contribution in [0.5, 0.6) is 11.8 Å². The maximum atomic E-state index is 12.5. The van der Waals surface area contributed by atoms with E-state index in [9.17, 15) is 4.79 Å². The third kappa shape index (κ3) is 5.36. The first-order valence-corrected chi connectivity index (χ1v) is 9.84. The summed E-state index contributed by atoms with van der Waals surface area (Å²) in [6.07, 6.45) is 1.80. The molecule has 1 saturated heterocycles. The highest BCUT2D eigenvalue weighted by atomic mass is 32.2. The Morgan fingerprint density at radius 1 is 1.19 bits per heavy atom. The van der Waals surface area contributed by atoms with Gasteiger partial charge in [-0.25, -0.2) is 0 Å². The number of likely N-dealkylation sites (tertiary alicyclic amines) is 1. The SMILES string of the molecule is COc1ccc(OC2CCCN(C(=O)CSCc3ccccc3)C2)nn1. The Hall–Kier alpha value is -2.28. The molecule has 0 saturated carbocycles. The first kappa shape index (κ1) is 18.5. The molecular formula is C19H23N3O3S. The van der Waals surface area contributed by atoms with Crippen molar-refractivity contribution in [3.63, 3.8) is 0 Å². The van der Waals surface area contributed by atoms with Crippen molar-refractivity contribution in [1.82, 2.24) is 15.1 Å². The minimum Gasteiger partial charge on any atom is -0.480 e. The van der Waals surface area contributed by atoms with Crippen LogP contribution >= 0.6 is 11.8 Å². The van der Waals surface area contributed by atoms with E-state index in [0.29, 0.717) is 24.1 Å². The number of nitrogens with zero attached hydrogens (tertiary/aromatic N) is 3. The van der Waals surface area contributed by atoms with E-state index in [-0.39, 0.29) is 12.0 Å². The highest BCUT2D eigenvalue weighted by molar-refractivity contribution is 7.99. The highest BCUT2D eigenvalue weighted by Gasteiger charge is 2.25. The molecule has 1 unspecified atom stereocenters. The van der Waals surface area contributed by atoms with Crippen molar-refractivity contribution in [3.8, 4) is 11.8 Å². The number of amides is 1. The zero-order chi connectivity index (χ0) is 18.2. The molecule has 1 aliphatic rings. The van der Waals surface area contributed by atoms with Crippen molar-refractivity contribution in [1.29, 1.82) is 0 Å². The lowest BCUT2D eigenvalue weighted by Gasteiger charge is -2.32. The Morgan fingerprint density at radius 2 is 1.96 bits per heavy atom. The van der Waals surface area contributed by atoms with Crippen LogP contribution in [-0.4, -0.2) is 53.1 Å². The molecule has 138 valence electrons. The molecule has 2 aromatic rings. The minimum atomic E-state index is -0.0467. The van der Waals surface area contributed by atoms with Crippen molar-refractivity contribution >= 4 is 17.7 Å². The average molecular weight is 373 g/mol. The summed E-state index contributed by atoms with van der Waals surface area (Å²) in [6.45, 7) is 1.39. The van der Waals surface area contributed by atoms with Gasteiger partial charge < -0.3 is 14.4 Å². The zero-order valence-corrected chi connectivity index (χ0v) is 15.7. The van der Waals surface area contributed by atoms with Crippen LogP contribution in [0.3, 0.4) is 0 Å². The maximum absolute atomic E-state index is 12.5. The van der Waals surface area contributed by atoms with Crippen molar-refractivity contribution < 1.29 is 14.3 Å². The number of aromatic nitrogens is 2. The van der Waals surface area contributed by atoms with Gasteiger partial charge in [0.1, 0.15) is 6.10 Å². The molecule has 0 aliphatic carbocycles. The van der Waals surface area contributed by atoms with Crippen LogP contribution in [0.1, 0.15) is 18.4 Å². The zero-order valence-electron chi connectivity index (χ0n) is 14.8. The summed E-state index contributed by atoms with van der Waals surface area (Å²) in [5.74, 6) is 2.42. The normalized spacial score (nSPS) is 17.0. The van der Waals surface area contributed by atoms with Gasteiger partial charge >= 0.3 is 0 Å². The van der Waals surface area contributed by atoms with Crippen LogP contribution in [-0.2, 0) is 10.5 Å². The molecule has 3 rings (SSSR count). The van der Waals surface area contributed by atoms with Crippen LogP contribution in [0, 0.1) is 0 Å². The van der Waals surface area contributed by atoms with E-state index >= 15 is 0 Å². The standard InChI is InChI=1S/C19H23N3O3S/c1-24-17-9-10-18(21-20-17)25-16-8-5-11-22(12-16)19(23)14-26-13-15-6-3-2-4-7-15/h2-4,6-7,9-10,16H,5,8,11-14H2,1H3. The predicted molar refractivity (Wildman–Crippen MR) is 101 cm³/mol. The smallest absolute Gasteiger partial charge is 0.233 e. The first-order valence-electron chi connectivity index (χ1n) is 8.68. The number of piperidine rings is 1. The van der Waals surface area contributed by atoms with E-state index in [2.05, 4.69) is 22.3 Å². The lowest BCUT2D eigenvalue weighted by molar-refractivity contribution is -0.130. The fourth-order valence-electron chi connectivity index (χ4n) is 2.83. The Kier molecular flexibility index (Phi) is 6.71. The summed E-state index contributed by atoms with van der Waals surface area (Å²) in [5, 5.41) is 7.90. The van der Waals surface area contributed by atoms with E-state index in [1.807, 2.05) is 23.1 Å². The number of hydrogen-bond acceptors (Lipinski definition) is 6. The van der Waals surface area contributed by atoms with E-state index < -0.39 is 0 Å². The van der Waals surface area contributed by atoms with Gasteiger partial charge in [-0.05, 0) is 18.4 Å². The van der Waals surface area contributed by atoms with Gasteiger partial charge in [0.15, 0.2) is 0 Å². The topological polar surface area (TPSA) is 64.6 Å². The second-order valence-electron chi connectivity index (χ2n) is 6.11. The number of benzene rings is 1. The molecular weight excluding hydrogens is 350 g/mol. The molecule has 7 heteroatoms. The number of thioether (sulfide) groups is 1. The molecule has 6 nitrogen and oxygen atoms in total. The summed E-state index contributed by atoms with van der Waals surface area (Å²) in [5.41, 5.74) is 1.24. The predicted octanol–water partition coefficient (Wildman–Crippen LogP) is 2.79. The van der Waals surface area contributed by atoms with Gasteiger partial charge in [-0.3, -0.25) is 4.79 Å². The molecule has 2 heterocycles. The molecule has 1 aromatic heterocycles. The number of rotatable bonds is 7. The Morgan fingerprint density at radius 3 is 2.69 bits per heavy atom. The quantitative estimate of drug-likeness (QED) is 0.744. The van der Waals surface area contributed by atoms with Gasteiger partial charge in [-0.15, -0.1) is 22.0 Å². The van der Waals surface area contributed by atoms with Crippen molar-refractivity contribution in [2.24, 2.45) is 0 Å². The van der Waals surface area contributed by atoms with E-state index in [4.69, 9.17) is 9.47 Å². The average Bonchev–Trinajstić information content (AvgIpc) is 2.69. The third-order valence-corrected chi connectivity index (χ3v) is 5.17. The van der Waals surface area contributed by atoms with Crippen LogP contribution in [0.2, 0.25) is 0 Å². The highest BCUT2D eigenvalue weighted by Crippen LogP contribution is 2.19. The van der Waals surface area contributed by atoms with Gasteiger partial charge in [0.2, 0.25) is 17.7 Å². The van der Waals surface area contributed by atoms with Crippen LogP contribution < -0.4 is 9.47 Å². The molecule has 0 spiro atoms. The molecule has 1 aliphatic heterocycles. The maximum Gasteiger partial charge on any atom is 0.233 e. The van der Waals surface area contributed by atoms with Crippen molar-refractivity contribution in [3.05, 3.63) is 48.0 Å². The molecule has 0 N–H and O–H groups in total. The van der Waals surface area contributed by atoms with Crippen LogP contribution in [0.25, 0.3) is 0 Å². The summed E-state index contributed by atoms with van der Waals surface area (Å²) in [6, 6.07) is 13.7. The fourth-order valence-corrected chi connectivity index (χ4v) is 3.72. The second kappa shape index (κ2) is 9.43. The van der Waals surface area contributed by atoms with E-state index in [0.717, 1.165) is 25.1 Å². The molecule has 1 atom stereocenters. The minimum absolute atomic E-state index is 0.0467. The first-order chi connectivity index (χ1) is 12.7. The van der Waals surface area contributed by atoms with Crippen molar-refractivity contribution in [2.75, 3.05) is 26.0 Å². The van der Waals surface area contributed by atoms with Gasteiger partial charge in [-0.2, -0.15) is 0 Å². The molecule has 0 radical (unpaired) electrons. The third-order valence-electron chi connectivity index (χ3n) is 4.18. The number of carbonyl (C=O) groups excluding carboxylic acids is 1. The summed E-state index contributed by atoms with van der Waals surface area (Å²) >= 11 is 1.65. The molecule has 26 heavy (non-hydrogen) atoms. The van der Waals surface area contributed by atoms with Gasteiger partial charge in [0.05, 0.1) is 19.4 Å². The Balaban J connectivity index is 1.45. The number of carbonyl (C=O) groups is 1. The monoisotopic (exact) mass is 373 g/mol. The second-order valence-corrected chi connectivity index (χ2v) is 7.10. The Bertz CT molecular complexity index is 697. The lowest BCUT2D eigenvalue weighted by atomic mass is 10.1. The summed E-state index contributed by atoms with van der Waals surface area (Å²) in [7, 11) is 1.55. The fraction of sp³-hybridized carbons (Fsp3) is 0.421. The lowest BCUT2D eigenvalue weighted by Crippen LogP contribution is -2.45. The molecule has 1 amide bonds. The van der Waals surface area contributed by atoms with Gasteiger partial charge in [0, 0.05) is 24.4 Å². The molecule has 0 bridgehead atoms.